The van der Waals surface area contributed by atoms with Crippen LogP contribution in [0.1, 0.15) is 18.4 Å². The van der Waals surface area contributed by atoms with Crippen LogP contribution in [-0.4, -0.2) is 37.1 Å². The highest BCUT2D eigenvalue weighted by atomic mass is 32.2. The number of rotatable bonds is 9. The Labute approximate surface area is 158 Å². The minimum Gasteiger partial charge on any atom is -0.352 e. The van der Waals surface area contributed by atoms with Crippen LogP contribution >= 0.6 is 0 Å². The van der Waals surface area contributed by atoms with E-state index in [1.54, 1.807) is 0 Å². The average Bonchev–Trinajstić information content (AvgIpc) is 2.67. The number of nitrogens with one attached hydrogen (secondary N) is 1. The summed E-state index contributed by atoms with van der Waals surface area (Å²) in [7, 11) is -2.34. The molecular weight excluding hydrogens is 370 g/mol. The van der Waals surface area contributed by atoms with Crippen molar-refractivity contribution in [2.24, 2.45) is 0 Å². The zero-order chi connectivity index (χ0) is 19.9. The monoisotopic (exact) mass is 391 g/mol. The molecule has 0 spiro atoms. The normalized spacial score (nSPS) is 11.3. The summed E-state index contributed by atoms with van der Waals surface area (Å²) in [5, 5.41) is 13.4. The van der Waals surface area contributed by atoms with Crippen LogP contribution in [-0.2, 0) is 21.4 Å². The highest BCUT2D eigenvalue weighted by Crippen LogP contribution is 2.19. The van der Waals surface area contributed by atoms with Crippen molar-refractivity contribution in [1.82, 2.24) is 9.62 Å². The van der Waals surface area contributed by atoms with Gasteiger partial charge in [-0.05, 0) is 24.1 Å². The maximum Gasteiger partial charge on any atom is 0.269 e. The van der Waals surface area contributed by atoms with E-state index in [4.69, 9.17) is 0 Å². The van der Waals surface area contributed by atoms with Crippen LogP contribution in [0.15, 0.2) is 59.5 Å². The van der Waals surface area contributed by atoms with Gasteiger partial charge in [0.25, 0.3) is 5.69 Å². The molecule has 0 radical (unpaired) electrons. The fraction of sp³-hybridized carbons (Fsp3) is 0.278. The summed E-state index contributed by atoms with van der Waals surface area (Å²) in [6.07, 6.45) is 0.566. The summed E-state index contributed by atoms with van der Waals surface area (Å²) >= 11 is 0. The maximum absolute atomic E-state index is 12.5. The molecule has 0 atom stereocenters. The number of nitrogens with zero attached hydrogens (tertiary/aromatic N) is 2. The van der Waals surface area contributed by atoms with Crippen molar-refractivity contribution in [2.45, 2.75) is 24.3 Å². The van der Waals surface area contributed by atoms with Crippen molar-refractivity contribution in [1.29, 1.82) is 0 Å². The van der Waals surface area contributed by atoms with Crippen LogP contribution in [0.25, 0.3) is 0 Å². The van der Waals surface area contributed by atoms with Crippen LogP contribution < -0.4 is 5.32 Å². The van der Waals surface area contributed by atoms with Crippen molar-refractivity contribution < 1.29 is 18.1 Å². The predicted octanol–water partition coefficient (Wildman–Crippen LogP) is 2.31. The second kappa shape index (κ2) is 9.24. The molecule has 2 aromatic rings. The number of carbonyl (C=O) groups is 1. The minimum absolute atomic E-state index is 0.0240. The van der Waals surface area contributed by atoms with Crippen molar-refractivity contribution in [3.8, 4) is 0 Å². The smallest absolute Gasteiger partial charge is 0.269 e. The molecule has 0 heterocycles. The molecule has 0 bridgehead atoms. The Hall–Kier alpha value is -2.78. The summed E-state index contributed by atoms with van der Waals surface area (Å²) in [5.41, 5.74) is 0.815. The average molecular weight is 391 g/mol. The number of nitro groups is 1. The van der Waals surface area contributed by atoms with E-state index in [2.05, 4.69) is 5.32 Å². The Kier molecular flexibility index (Phi) is 7.03. The molecule has 0 aliphatic heterocycles. The summed E-state index contributed by atoms with van der Waals surface area (Å²) in [6.45, 7) is 0.592. The van der Waals surface area contributed by atoms with Gasteiger partial charge in [0.05, 0.1) is 9.82 Å². The SMILES string of the molecule is CN(CCCC(=O)NCc1ccccc1)S(=O)(=O)c1ccc([N+](=O)[O-])cc1. The highest BCUT2D eigenvalue weighted by molar-refractivity contribution is 7.89. The number of nitro benzene ring substituents is 1. The minimum atomic E-state index is -3.76. The lowest BCUT2D eigenvalue weighted by Gasteiger charge is -2.17. The molecule has 2 rings (SSSR count). The standard InChI is InChI=1S/C18H21N3O5S/c1-20(27(25,26)17-11-9-16(10-12-17)21(23)24)13-5-8-18(22)19-14-15-6-3-2-4-7-15/h2-4,6-7,9-12H,5,8,13-14H2,1H3,(H,19,22). The number of benzene rings is 2. The molecule has 9 heteroatoms. The van der Waals surface area contributed by atoms with Gasteiger partial charge in [0.15, 0.2) is 0 Å². The third-order valence-corrected chi connectivity index (χ3v) is 5.84. The van der Waals surface area contributed by atoms with E-state index in [1.807, 2.05) is 30.3 Å². The van der Waals surface area contributed by atoms with Gasteiger partial charge >= 0.3 is 0 Å². The molecule has 0 aromatic heterocycles. The predicted molar refractivity (Wildman–Crippen MR) is 100 cm³/mol. The molecule has 0 aliphatic carbocycles. The van der Waals surface area contributed by atoms with E-state index in [-0.39, 0.29) is 29.5 Å². The van der Waals surface area contributed by atoms with Crippen molar-refractivity contribution in [3.63, 3.8) is 0 Å². The molecule has 1 N–H and O–H groups in total. The third kappa shape index (κ3) is 5.87. The fourth-order valence-corrected chi connectivity index (χ4v) is 3.60. The largest absolute Gasteiger partial charge is 0.352 e. The van der Waals surface area contributed by atoms with Crippen LogP contribution in [0, 0.1) is 10.1 Å². The Balaban J connectivity index is 1.82. The molecule has 0 fully saturated rings. The number of hydrogen-bond donors (Lipinski definition) is 1. The second-order valence-electron chi connectivity index (χ2n) is 5.94. The Morgan fingerprint density at radius 1 is 1.11 bits per heavy atom. The quantitative estimate of drug-likeness (QED) is 0.521. The first-order valence-corrected chi connectivity index (χ1v) is 9.76. The first-order chi connectivity index (χ1) is 12.8. The second-order valence-corrected chi connectivity index (χ2v) is 7.99. The number of carbonyl (C=O) groups excluding carboxylic acids is 1. The van der Waals surface area contributed by atoms with E-state index in [0.29, 0.717) is 13.0 Å². The number of sulfonamides is 1. The molecular formula is C18H21N3O5S. The van der Waals surface area contributed by atoms with E-state index in [0.717, 1.165) is 22.0 Å². The summed E-state index contributed by atoms with van der Waals surface area (Å²) < 4.78 is 26.0. The highest BCUT2D eigenvalue weighted by Gasteiger charge is 2.21. The molecule has 0 saturated carbocycles. The van der Waals surface area contributed by atoms with Gasteiger partial charge in [-0.2, -0.15) is 0 Å². The van der Waals surface area contributed by atoms with E-state index < -0.39 is 14.9 Å². The fourth-order valence-electron chi connectivity index (χ4n) is 2.39. The Morgan fingerprint density at radius 3 is 2.33 bits per heavy atom. The van der Waals surface area contributed by atoms with Gasteiger partial charge in [-0.15, -0.1) is 0 Å². The van der Waals surface area contributed by atoms with Gasteiger partial charge in [0, 0.05) is 38.7 Å². The van der Waals surface area contributed by atoms with Crippen LogP contribution in [0.5, 0.6) is 0 Å². The summed E-state index contributed by atoms with van der Waals surface area (Å²) in [5.74, 6) is -0.153. The lowest BCUT2D eigenvalue weighted by atomic mass is 10.2. The van der Waals surface area contributed by atoms with E-state index in [9.17, 15) is 23.3 Å². The van der Waals surface area contributed by atoms with Crippen LogP contribution in [0.2, 0.25) is 0 Å². The summed E-state index contributed by atoms with van der Waals surface area (Å²) in [4.78, 5) is 21.9. The molecule has 0 aliphatic rings. The molecule has 27 heavy (non-hydrogen) atoms. The van der Waals surface area contributed by atoms with Gasteiger partial charge in [0.2, 0.25) is 15.9 Å². The first kappa shape index (κ1) is 20.5. The molecule has 144 valence electrons. The zero-order valence-corrected chi connectivity index (χ0v) is 15.7. The van der Waals surface area contributed by atoms with Gasteiger partial charge in [0.1, 0.15) is 0 Å². The topological polar surface area (TPSA) is 110 Å². The third-order valence-electron chi connectivity index (χ3n) is 3.97. The lowest BCUT2D eigenvalue weighted by molar-refractivity contribution is -0.384. The first-order valence-electron chi connectivity index (χ1n) is 8.32. The van der Waals surface area contributed by atoms with Crippen molar-refractivity contribution in [2.75, 3.05) is 13.6 Å². The molecule has 8 nitrogen and oxygen atoms in total. The number of non-ortho nitro benzene ring substituents is 1. The lowest BCUT2D eigenvalue weighted by Crippen LogP contribution is -2.29. The number of amides is 1. The summed E-state index contributed by atoms with van der Waals surface area (Å²) in [6, 6.07) is 14.2. The maximum atomic E-state index is 12.5. The van der Waals surface area contributed by atoms with Gasteiger partial charge < -0.3 is 5.32 Å². The Bertz CT molecular complexity index is 883. The Morgan fingerprint density at radius 2 is 1.74 bits per heavy atom. The van der Waals surface area contributed by atoms with Crippen LogP contribution in [0.4, 0.5) is 5.69 Å². The van der Waals surface area contributed by atoms with Crippen molar-refractivity contribution in [3.05, 3.63) is 70.3 Å². The molecule has 1 amide bonds. The van der Waals surface area contributed by atoms with Gasteiger partial charge in [-0.1, -0.05) is 30.3 Å². The molecule has 0 saturated heterocycles. The van der Waals surface area contributed by atoms with Gasteiger partial charge in [-0.25, -0.2) is 12.7 Å². The van der Waals surface area contributed by atoms with E-state index >= 15 is 0 Å². The van der Waals surface area contributed by atoms with Crippen molar-refractivity contribution >= 4 is 21.6 Å². The van der Waals surface area contributed by atoms with E-state index in [1.165, 1.54) is 19.2 Å². The zero-order valence-electron chi connectivity index (χ0n) is 14.9. The molecule has 2 aromatic carbocycles. The number of hydrogen-bond acceptors (Lipinski definition) is 5. The van der Waals surface area contributed by atoms with Crippen LogP contribution in [0.3, 0.4) is 0 Å². The van der Waals surface area contributed by atoms with Gasteiger partial charge in [-0.3, -0.25) is 14.9 Å². The molecule has 0 unspecified atom stereocenters.